The second kappa shape index (κ2) is 7.99. The number of para-hydroxylation sites is 2. The summed E-state index contributed by atoms with van der Waals surface area (Å²) in [6.07, 6.45) is 0. The number of anilines is 1. The van der Waals surface area contributed by atoms with Gasteiger partial charge < -0.3 is 19.1 Å². The molecule has 2 aromatic carbocycles. The number of aryl methyl sites for hydroxylation is 1. The maximum Gasteiger partial charge on any atom is 0.259 e. The maximum atomic E-state index is 12.9. The molecule has 1 saturated heterocycles. The Bertz CT molecular complexity index is 1100. The number of carbonyl (C=O) groups excluding carboxylic acids is 1. The van der Waals surface area contributed by atoms with E-state index in [4.69, 9.17) is 4.74 Å². The molecule has 1 amide bonds. The number of hydrogen-bond acceptors (Lipinski definition) is 4. The highest BCUT2D eigenvalue weighted by Gasteiger charge is 2.23. The van der Waals surface area contributed by atoms with Crippen molar-refractivity contribution >= 4 is 22.4 Å². The van der Waals surface area contributed by atoms with E-state index in [2.05, 4.69) is 4.90 Å². The number of nitrogens with zero attached hydrogens (tertiary/aromatic N) is 3. The van der Waals surface area contributed by atoms with E-state index in [-0.39, 0.29) is 18.0 Å². The minimum absolute atomic E-state index is 0.0230. The van der Waals surface area contributed by atoms with Crippen LogP contribution in [0.25, 0.3) is 10.8 Å². The van der Waals surface area contributed by atoms with Gasteiger partial charge in [-0.05, 0) is 36.6 Å². The number of fused-ring (bicyclic) bond motifs is 1. The summed E-state index contributed by atoms with van der Waals surface area (Å²) >= 11 is 0. The molecular formula is C23H25N3O3. The lowest BCUT2D eigenvalue weighted by Gasteiger charge is -2.36. The molecule has 0 atom stereocenters. The fourth-order valence-corrected chi connectivity index (χ4v) is 3.95. The molecular weight excluding hydrogens is 366 g/mol. The smallest absolute Gasteiger partial charge is 0.259 e. The van der Waals surface area contributed by atoms with E-state index in [1.54, 1.807) is 11.7 Å². The first-order valence-corrected chi connectivity index (χ1v) is 9.83. The Balaban J connectivity index is 1.47. The SMILES string of the molecule is COc1ccccc1N1CCN(C(=O)Cn2c(C)cc3ccccc3c2=O)CC1. The van der Waals surface area contributed by atoms with Gasteiger partial charge in [-0.15, -0.1) is 0 Å². The van der Waals surface area contributed by atoms with Crippen molar-refractivity contribution in [3.63, 3.8) is 0 Å². The fraction of sp³-hybridized carbons (Fsp3) is 0.304. The minimum Gasteiger partial charge on any atom is -0.495 e. The van der Waals surface area contributed by atoms with Crippen molar-refractivity contribution in [1.29, 1.82) is 0 Å². The molecule has 0 N–H and O–H groups in total. The van der Waals surface area contributed by atoms with E-state index < -0.39 is 0 Å². The van der Waals surface area contributed by atoms with Crippen LogP contribution in [0.5, 0.6) is 5.75 Å². The molecule has 29 heavy (non-hydrogen) atoms. The van der Waals surface area contributed by atoms with E-state index in [9.17, 15) is 9.59 Å². The van der Waals surface area contributed by atoms with Crippen molar-refractivity contribution in [1.82, 2.24) is 9.47 Å². The predicted octanol–water partition coefficient (Wildman–Crippen LogP) is 2.67. The number of methoxy groups -OCH3 is 1. The molecule has 1 aliphatic heterocycles. The van der Waals surface area contributed by atoms with Gasteiger partial charge in [0.05, 0.1) is 12.8 Å². The van der Waals surface area contributed by atoms with Crippen LogP contribution >= 0.6 is 0 Å². The Morgan fingerprint density at radius 1 is 1.00 bits per heavy atom. The highest BCUT2D eigenvalue weighted by Crippen LogP contribution is 2.28. The lowest BCUT2D eigenvalue weighted by Crippen LogP contribution is -2.50. The summed E-state index contributed by atoms with van der Waals surface area (Å²) in [4.78, 5) is 29.8. The van der Waals surface area contributed by atoms with Gasteiger partial charge in [0.1, 0.15) is 12.3 Å². The molecule has 3 aromatic rings. The molecule has 150 valence electrons. The van der Waals surface area contributed by atoms with Gasteiger partial charge in [0, 0.05) is 37.3 Å². The number of aromatic nitrogens is 1. The van der Waals surface area contributed by atoms with Crippen LogP contribution in [-0.2, 0) is 11.3 Å². The molecule has 0 spiro atoms. The third-order valence-electron chi connectivity index (χ3n) is 5.58. The highest BCUT2D eigenvalue weighted by molar-refractivity contribution is 5.83. The lowest BCUT2D eigenvalue weighted by molar-refractivity contribution is -0.132. The minimum atomic E-state index is -0.110. The largest absolute Gasteiger partial charge is 0.495 e. The van der Waals surface area contributed by atoms with E-state index in [1.807, 2.05) is 66.4 Å². The number of pyridine rings is 1. The fourth-order valence-electron chi connectivity index (χ4n) is 3.95. The molecule has 6 nitrogen and oxygen atoms in total. The third-order valence-corrected chi connectivity index (χ3v) is 5.58. The normalized spacial score (nSPS) is 14.3. The number of benzene rings is 2. The number of carbonyl (C=O) groups is 1. The summed E-state index contributed by atoms with van der Waals surface area (Å²) in [6.45, 7) is 4.66. The molecule has 2 heterocycles. The maximum absolute atomic E-state index is 12.9. The van der Waals surface area contributed by atoms with Crippen molar-refractivity contribution < 1.29 is 9.53 Å². The van der Waals surface area contributed by atoms with Crippen LogP contribution in [0.1, 0.15) is 5.69 Å². The second-order valence-corrected chi connectivity index (χ2v) is 7.30. The summed E-state index contributed by atoms with van der Waals surface area (Å²) in [7, 11) is 1.67. The standard InChI is InChI=1S/C23H25N3O3/c1-17-15-18-7-3-4-8-19(18)23(28)26(17)16-22(27)25-13-11-24(12-14-25)20-9-5-6-10-21(20)29-2/h3-10,15H,11-14,16H2,1-2H3. The number of hydrogen-bond donors (Lipinski definition) is 0. The average molecular weight is 391 g/mol. The Hall–Kier alpha value is -3.28. The molecule has 1 aromatic heterocycles. The molecule has 0 aliphatic carbocycles. The van der Waals surface area contributed by atoms with Gasteiger partial charge in [-0.25, -0.2) is 0 Å². The average Bonchev–Trinajstić information content (AvgIpc) is 2.76. The van der Waals surface area contributed by atoms with Crippen LogP contribution in [0.15, 0.2) is 59.4 Å². The number of piperazine rings is 1. The van der Waals surface area contributed by atoms with E-state index in [0.29, 0.717) is 18.5 Å². The molecule has 1 fully saturated rings. The van der Waals surface area contributed by atoms with Gasteiger partial charge in [-0.1, -0.05) is 30.3 Å². The van der Waals surface area contributed by atoms with Crippen LogP contribution in [0.4, 0.5) is 5.69 Å². The van der Waals surface area contributed by atoms with Crippen LogP contribution < -0.4 is 15.2 Å². The zero-order valence-electron chi connectivity index (χ0n) is 16.8. The van der Waals surface area contributed by atoms with E-state index in [1.165, 1.54) is 0 Å². The molecule has 0 unspecified atom stereocenters. The van der Waals surface area contributed by atoms with Crippen molar-refractivity contribution in [2.75, 3.05) is 38.2 Å². The van der Waals surface area contributed by atoms with Gasteiger partial charge in [0.25, 0.3) is 5.56 Å². The van der Waals surface area contributed by atoms with Crippen molar-refractivity contribution in [3.05, 3.63) is 70.6 Å². The topological polar surface area (TPSA) is 54.8 Å². The third kappa shape index (κ3) is 3.70. The van der Waals surface area contributed by atoms with Gasteiger partial charge in [0.2, 0.25) is 5.91 Å². The molecule has 0 saturated carbocycles. The van der Waals surface area contributed by atoms with Gasteiger partial charge in [-0.3, -0.25) is 9.59 Å². The molecule has 1 aliphatic rings. The zero-order valence-corrected chi connectivity index (χ0v) is 16.8. The Morgan fingerprint density at radius 3 is 2.45 bits per heavy atom. The van der Waals surface area contributed by atoms with E-state index >= 15 is 0 Å². The lowest BCUT2D eigenvalue weighted by atomic mass is 10.1. The molecule has 6 heteroatoms. The molecule has 0 bridgehead atoms. The molecule has 0 radical (unpaired) electrons. The quantitative estimate of drug-likeness (QED) is 0.686. The summed E-state index contributed by atoms with van der Waals surface area (Å²) in [6, 6.07) is 17.4. The van der Waals surface area contributed by atoms with Crippen molar-refractivity contribution in [3.8, 4) is 5.75 Å². The zero-order chi connectivity index (χ0) is 20.4. The summed E-state index contributed by atoms with van der Waals surface area (Å²) in [5.41, 5.74) is 1.74. The van der Waals surface area contributed by atoms with Crippen LogP contribution in [0, 0.1) is 6.92 Å². The molecule has 4 rings (SSSR count). The Morgan fingerprint density at radius 2 is 1.69 bits per heavy atom. The van der Waals surface area contributed by atoms with Crippen molar-refractivity contribution in [2.45, 2.75) is 13.5 Å². The van der Waals surface area contributed by atoms with Gasteiger partial charge >= 0.3 is 0 Å². The number of rotatable bonds is 4. The van der Waals surface area contributed by atoms with Gasteiger partial charge in [0.15, 0.2) is 0 Å². The van der Waals surface area contributed by atoms with Crippen LogP contribution in [0.3, 0.4) is 0 Å². The van der Waals surface area contributed by atoms with Crippen LogP contribution in [0.2, 0.25) is 0 Å². The van der Waals surface area contributed by atoms with Gasteiger partial charge in [-0.2, -0.15) is 0 Å². The number of ether oxygens (including phenoxy) is 1. The van der Waals surface area contributed by atoms with E-state index in [0.717, 1.165) is 35.6 Å². The first-order valence-electron chi connectivity index (χ1n) is 9.83. The summed E-state index contributed by atoms with van der Waals surface area (Å²) in [5, 5.41) is 1.55. The number of amides is 1. The Labute approximate surface area is 169 Å². The summed E-state index contributed by atoms with van der Waals surface area (Å²) < 4.78 is 7.03. The van der Waals surface area contributed by atoms with Crippen LogP contribution in [-0.4, -0.2) is 48.7 Å². The second-order valence-electron chi connectivity index (χ2n) is 7.30. The Kier molecular flexibility index (Phi) is 5.25. The summed E-state index contributed by atoms with van der Waals surface area (Å²) in [5.74, 6) is 0.816. The first-order chi connectivity index (χ1) is 14.1. The first kappa shape index (κ1) is 19.1. The monoisotopic (exact) mass is 391 g/mol. The van der Waals surface area contributed by atoms with Crippen molar-refractivity contribution in [2.24, 2.45) is 0 Å². The highest BCUT2D eigenvalue weighted by atomic mass is 16.5. The predicted molar refractivity (Wildman–Crippen MR) is 115 cm³/mol.